The predicted molar refractivity (Wildman–Crippen MR) is 45.4 cm³/mol. The Labute approximate surface area is 77.0 Å². The summed E-state index contributed by atoms with van der Waals surface area (Å²) >= 11 is 0. The molecule has 0 heterocycles. The van der Waals surface area contributed by atoms with E-state index in [1.807, 2.05) is 0 Å². The Kier molecular flexibility index (Phi) is 5.09. The molecule has 0 aliphatic carbocycles. The van der Waals surface area contributed by atoms with Crippen molar-refractivity contribution in [1.82, 2.24) is 0 Å². The summed E-state index contributed by atoms with van der Waals surface area (Å²) in [4.78, 5) is 10.2. The minimum Gasteiger partial charge on any atom is -0.396 e. The second-order valence-corrected chi connectivity index (χ2v) is 4.56. The van der Waals surface area contributed by atoms with Crippen LogP contribution in [0.4, 0.5) is 3.89 Å². The summed E-state index contributed by atoms with van der Waals surface area (Å²) in [6.45, 7) is 1.55. The number of hydrogen-bond donors (Lipinski definition) is 1. The molecule has 2 unspecified atom stereocenters. The van der Waals surface area contributed by atoms with Gasteiger partial charge in [-0.2, -0.15) is 8.42 Å². The van der Waals surface area contributed by atoms with E-state index < -0.39 is 15.5 Å². The lowest BCUT2D eigenvalue weighted by atomic mass is 10.0. The molecule has 0 aliphatic rings. The zero-order valence-electron chi connectivity index (χ0n) is 7.31. The fraction of sp³-hybridized carbons (Fsp3) is 0.857. The molecule has 0 aromatic rings. The van der Waals surface area contributed by atoms with Crippen LogP contribution in [-0.2, 0) is 15.0 Å². The van der Waals surface area contributed by atoms with Gasteiger partial charge in [0.25, 0.3) is 0 Å². The fourth-order valence-electron chi connectivity index (χ4n) is 0.972. The number of carbonyl (C=O) groups excluding carboxylic acids is 1. The highest BCUT2D eigenvalue weighted by molar-refractivity contribution is 7.87. The molecule has 0 aromatic carbocycles. The molecule has 13 heavy (non-hydrogen) atoms. The Morgan fingerprint density at radius 3 is 2.38 bits per heavy atom. The van der Waals surface area contributed by atoms with Crippen LogP contribution in [-0.4, -0.2) is 31.7 Å². The van der Waals surface area contributed by atoms with Gasteiger partial charge in [0.1, 0.15) is 11.5 Å². The van der Waals surface area contributed by atoms with Gasteiger partial charge in [-0.25, -0.2) is 0 Å². The molecule has 78 valence electrons. The number of aliphatic hydroxyl groups is 1. The van der Waals surface area contributed by atoms with E-state index in [1.54, 1.807) is 6.92 Å². The van der Waals surface area contributed by atoms with Crippen LogP contribution in [0, 0.1) is 5.92 Å². The maximum Gasteiger partial charge on any atom is 0.312 e. The van der Waals surface area contributed by atoms with Crippen molar-refractivity contribution < 1.29 is 22.2 Å². The number of halogens is 1. The molecular formula is C7H13FO4S. The van der Waals surface area contributed by atoms with E-state index in [9.17, 15) is 17.1 Å². The van der Waals surface area contributed by atoms with Crippen LogP contribution in [0.5, 0.6) is 0 Å². The molecule has 0 amide bonds. The second kappa shape index (κ2) is 5.29. The molecule has 0 radical (unpaired) electrons. The predicted octanol–water partition coefficient (Wildman–Crippen LogP) is 0.262. The SMILES string of the molecule is CC(CCO)CC(C=O)S(=O)(=O)F. The van der Waals surface area contributed by atoms with Gasteiger partial charge in [-0.1, -0.05) is 6.92 Å². The third kappa shape index (κ3) is 4.94. The number of aldehydes is 1. The fourth-order valence-corrected chi connectivity index (χ4v) is 1.66. The number of carbonyl (C=O) groups is 1. The molecular weight excluding hydrogens is 199 g/mol. The van der Waals surface area contributed by atoms with E-state index in [4.69, 9.17) is 5.11 Å². The van der Waals surface area contributed by atoms with Gasteiger partial charge < -0.3 is 9.90 Å². The van der Waals surface area contributed by atoms with Crippen molar-refractivity contribution in [3.8, 4) is 0 Å². The van der Waals surface area contributed by atoms with Crippen LogP contribution in [0.1, 0.15) is 19.8 Å². The summed E-state index contributed by atoms with van der Waals surface area (Å²) in [5.74, 6) is -0.189. The van der Waals surface area contributed by atoms with Gasteiger partial charge in [0.05, 0.1) is 0 Å². The van der Waals surface area contributed by atoms with Crippen molar-refractivity contribution in [3.63, 3.8) is 0 Å². The quantitative estimate of drug-likeness (QED) is 0.506. The van der Waals surface area contributed by atoms with Crippen molar-refractivity contribution >= 4 is 16.5 Å². The Morgan fingerprint density at radius 2 is 2.08 bits per heavy atom. The molecule has 0 spiro atoms. The molecule has 2 atom stereocenters. The summed E-state index contributed by atoms with van der Waals surface area (Å²) < 4.78 is 33.0. The van der Waals surface area contributed by atoms with Crippen LogP contribution in [0.25, 0.3) is 0 Å². The first-order chi connectivity index (χ1) is 5.91. The molecule has 6 heteroatoms. The Balaban J connectivity index is 4.22. The number of aliphatic hydroxyl groups excluding tert-OH is 1. The second-order valence-electron chi connectivity index (χ2n) is 3.00. The summed E-state index contributed by atoms with van der Waals surface area (Å²) in [5, 5.41) is 6.90. The largest absolute Gasteiger partial charge is 0.396 e. The van der Waals surface area contributed by atoms with Crippen molar-refractivity contribution in [2.75, 3.05) is 6.61 Å². The van der Waals surface area contributed by atoms with Crippen molar-refractivity contribution in [2.24, 2.45) is 5.92 Å². The van der Waals surface area contributed by atoms with E-state index in [2.05, 4.69) is 0 Å². The summed E-state index contributed by atoms with van der Waals surface area (Å²) in [6, 6.07) is 0. The first kappa shape index (κ1) is 12.5. The van der Waals surface area contributed by atoms with Crippen LogP contribution in [0.3, 0.4) is 0 Å². The number of hydrogen-bond acceptors (Lipinski definition) is 4. The Bertz CT molecular complexity index is 249. The zero-order chi connectivity index (χ0) is 10.5. The van der Waals surface area contributed by atoms with E-state index in [1.165, 1.54) is 0 Å². The van der Waals surface area contributed by atoms with Crippen LogP contribution in [0.15, 0.2) is 0 Å². The highest BCUT2D eigenvalue weighted by atomic mass is 32.3. The summed E-state index contributed by atoms with van der Waals surface area (Å²) in [6.07, 6.45) is 0.367. The molecule has 0 bridgehead atoms. The molecule has 1 N–H and O–H groups in total. The molecule has 0 saturated heterocycles. The minimum atomic E-state index is -4.78. The van der Waals surface area contributed by atoms with E-state index >= 15 is 0 Å². The molecule has 0 aromatic heterocycles. The maximum atomic E-state index is 12.3. The van der Waals surface area contributed by atoms with Gasteiger partial charge in [0, 0.05) is 6.61 Å². The van der Waals surface area contributed by atoms with E-state index in [0.29, 0.717) is 6.42 Å². The molecule has 0 saturated carbocycles. The van der Waals surface area contributed by atoms with Gasteiger partial charge in [-0.05, 0) is 18.8 Å². The lowest BCUT2D eigenvalue weighted by molar-refractivity contribution is -0.107. The van der Waals surface area contributed by atoms with Gasteiger partial charge >= 0.3 is 10.2 Å². The number of rotatable bonds is 6. The molecule has 0 fully saturated rings. The zero-order valence-corrected chi connectivity index (χ0v) is 8.13. The van der Waals surface area contributed by atoms with Crippen LogP contribution < -0.4 is 0 Å². The van der Waals surface area contributed by atoms with Gasteiger partial charge in [-0.3, -0.25) is 0 Å². The normalized spacial score (nSPS) is 16.5. The average molecular weight is 212 g/mol. The molecule has 0 rings (SSSR count). The monoisotopic (exact) mass is 212 g/mol. The maximum absolute atomic E-state index is 12.3. The standard InChI is InChI=1S/C7H13FO4S/c1-6(2-3-9)4-7(5-10)13(8,11)12/h5-7,9H,2-4H2,1H3. The molecule has 4 nitrogen and oxygen atoms in total. The van der Waals surface area contributed by atoms with Gasteiger partial charge in [0.2, 0.25) is 0 Å². The van der Waals surface area contributed by atoms with E-state index in [-0.39, 0.29) is 25.2 Å². The summed E-state index contributed by atoms with van der Waals surface area (Å²) in [5.41, 5.74) is 0. The Hall–Kier alpha value is -0.490. The van der Waals surface area contributed by atoms with Gasteiger partial charge in [0.15, 0.2) is 0 Å². The highest BCUT2D eigenvalue weighted by Crippen LogP contribution is 2.15. The minimum absolute atomic E-state index is 0.0805. The average Bonchev–Trinajstić information content (AvgIpc) is 1.98. The third-order valence-corrected chi connectivity index (χ3v) is 2.80. The van der Waals surface area contributed by atoms with Gasteiger partial charge in [-0.15, -0.1) is 3.89 Å². The topological polar surface area (TPSA) is 71.4 Å². The van der Waals surface area contributed by atoms with Crippen molar-refractivity contribution in [3.05, 3.63) is 0 Å². The smallest absolute Gasteiger partial charge is 0.312 e. The van der Waals surface area contributed by atoms with Crippen LogP contribution in [0.2, 0.25) is 0 Å². The lowest BCUT2D eigenvalue weighted by Crippen LogP contribution is -2.22. The third-order valence-electron chi connectivity index (χ3n) is 1.77. The first-order valence-electron chi connectivity index (χ1n) is 3.91. The van der Waals surface area contributed by atoms with Crippen molar-refractivity contribution in [2.45, 2.75) is 25.0 Å². The first-order valence-corrected chi connectivity index (χ1v) is 5.36. The lowest BCUT2D eigenvalue weighted by Gasteiger charge is -2.11. The summed E-state index contributed by atoms with van der Waals surface area (Å²) in [7, 11) is -4.78. The highest BCUT2D eigenvalue weighted by Gasteiger charge is 2.25. The van der Waals surface area contributed by atoms with E-state index in [0.717, 1.165) is 0 Å². The Morgan fingerprint density at radius 1 is 1.54 bits per heavy atom. The molecule has 0 aliphatic heterocycles. The van der Waals surface area contributed by atoms with Crippen molar-refractivity contribution in [1.29, 1.82) is 0 Å². The van der Waals surface area contributed by atoms with Crippen LogP contribution >= 0.6 is 0 Å².